The third-order valence-electron chi connectivity index (χ3n) is 3.57. The zero-order chi connectivity index (χ0) is 22.4. The van der Waals surface area contributed by atoms with E-state index < -0.39 is 24.1 Å². The topological polar surface area (TPSA) is 111 Å². The second kappa shape index (κ2) is 9.11. The van der Waals surface area contributed by atoms with Crippen molar-refractivity contribution in [3.05, 3.63) is 60.2 Å². The lowest BCUT2D eigenvalue weighted by molar-refractivity contribution is -0.276. The molecule has 0 aliphatic rings. The summed E-state index contributed by atoms with van der Waals surface area (Å²) >= 11 is 0. The van der Waals surface area contributed by atoms with Gasteiger partial charge in [0.25, 0.3) is 5.91 Å². The number of alkyl halides is 3. The van der Waals surface area contributed by atoms with E-state index in [4.69, 9.17) is 4.74 Å². The van der Waals surface area contributed by atoms with Crippen molar-refractivity contribution in [2.24, 2.45) is 5.10 Å². The van der Waals surface area contributed by atoms with Gasteiger partial charge >= 0.3 is 6.36 Å². The first-order valence-electron chi connectivity index (χ1n) is 8.32. The molecule has 0 radical (unpaired) electrons. The van der Waals surface area contributed by atoms with Crippen molar-refractivity contribution in [1.29, 1.82) is 0 Å². The molecule has 31 heavy (non-hydrogen) atoms. The van der Waals surface area contributed by atoms with Crippen LogP contribution in [0.2, 0.25) is 0 Å². The highest BCUT2D eigenvalue weighted by atomic mass is 19.4. The predicted molar refractivity (Wildman–Crippen MR) is 97.8 cm³/mol. The molecule has 160 valence electrons. The molecular weight excluding hydrogens is 424 g/mol. The number of amides is 1. The van der Waals surface area contributed by atoms with Gasteiger partial charge < -0.3 is 9.47 Å². The molecule has 3 rings (SSSR count). The predicted octanol–water partition coefficient (Wildman–Crippen LogP) is 2.74. The second-order valence-electron chi connectivity index (χ2n) is 5.68. The number of carbonyl (C=O) groups excluding carboxylic acids is 1. The van der Waals surface area contributed by atoms with Crippen molar-refractivity contribution in [3.63, 3.8) is 0 Å². The van der Waals surface area contributed by atoms with E-state index in [0.717, 1.165) is 24.7 Å². The summed E-state index contributed by atoms with van der Waals surface area (Å²) < 4.78 is 58.9. The van der Waals surface area contributed by atoms with Gasteiger partial charge in [-0.2, -0.15) is 9.49 Å². The van der Waals surface area contributed by atoms with Crippen LogP contribution in [0.3, 0.4) is 0 Å². The number of hydrazone groups is 1. The van der Waals surface area contributed by atoms with Gasteiger partial charge in [-0.25, -0.2) is 20.4 Å². The lowest BCUT2D eigenvalue weighted by Gasteiger charge is -2.08. The molecular formula is C18H12F4N6O3. The van der Waals surface area contributed by atoms with Crippen LogP contribution in [-0.2, 0) is 0 Å². The molecule has 9 nitrogen and oxygen atoms in total. The van der Waals surface area contributed by atoms with Gasteiger partial charge in [-0.1, -0.05) is 0 Å². The van der Waals surface area contributed by atoms with E-state index in [1.165, 1.54) is 31.6 Å². The number of carbonyl (C=O) groups is 1. The molecule has 0 aromatic carbocycles. The first kappa shape index (κ1) is 21.5. The fourth-order valence-corrected chi connectivity index (χ4v) is 2.19. The number of hydrogen-bond donors (Lipinski definition) is 1. The molecule has 3 aromatic heterocycles. The van der Waals surface area contributed by atoms with Gasteiger partial charge in [-0.15, -0.1) is 13.2 Å². The summed E-state index contributed by atoms with van der Waals surface area (Å²) in [7, 11) is 1.38. The Hall–Kier alpha value is -4.16. The normalized spacial score (nSPS) is 11.4. The first-order valence-corrected chi connectivity index (χ1v) is 8.32. The first-order chi connectivity index (χ1) is 14.7. The maximum atomic E-state index is 13.6. The SMILES string of the molecule is COc1cnc(F)c(/C=N/NC(=O)c2cncc(-c3ccc(OC(F)(F)F)nc3)n2)c1. The molecule has 13 heteroatoms. The van der Waals surface area contributed by atoms with Crippen molar-refractivity contribution in [3.8, 4) is 22.9 Å². The fourth-order valence-electron chi connectivity index (χ4n) is 2.19. The maximum Gasteiger partial charge on any atom is 0.574 e. The molecule has 0 unspecified atom stereocenters. The number of pyridine rings is 2. The number of methoxy groups -OCH3 is 1. The molecule has 0 spiro atoms. The second-order valence-corrected chi connectivity index (χ2v) is 5.68. The van der Waals surface area contributed by atoms with Gasteiger partial charge in [0.05, 0.1) is 43.2 Å². The van der Waals surface area contributed by atoms with Crippen LogP contribution in [0.1, 0.15) is 16.1 Å². The van der Waals surface area contributed by atoms with Crippen LogP contribution in [0.5, 0.6) is 11.6 Å². The average Bonchev–Trinajstić information content (AvgIpc) is 2.74. The van der Waals surface area contributed by atoms with Gasteiger partial charge in [0.2, 0.25) is 11.8 Å². The maximum absolute atomic E-state index is 13.6. The third kappa shape index (κ3) is 5.91. The molecule has 0 atom stereocenters. The molecule has 0 fully saturated rings. The highest BCUT2D eigenvalue weighted by molar-refractivity contribution is 5.93. The summed E-state index contributed by atoms with van der Waals surface area (Å²) in [4.78, 5) is 27.2. The molecule has 1 N–H and O–H groups in total. The molecule has 3 heterocycles. The Morgan fingerprint density at radius 3 is 2.65 bits per heavy atom. The number of aromatic nitrogens is 4. The van der Waals surface area contributed by atoms with Gasteiger partial charge in [0, 0.05) is 17.8 Å². The Balaban J connectivity index is 1.70. The number of nitrogens with one attached hydrogen (secondary N) is 1. The van der Waals surface area contributed by atoms with Gasteiger partial charge in [0.1, 0.15) is 11.4 Å². The van der Waals surface area contributed by atoms with E-state index in [1.807, 2.05) is 0 Å². The molecule has 0 aliphatic heterocycles. The minimum absolute atomic E-state index is 0.0216. The van der Waals surface area contributed by atoms with Crippen LogP contribution in [-0.4, -0.2) is 45.5 Å². The lowest BCUT2D eigenvalue weighted by Crippen LogP contribution is -2.19. The summed E-state index contributed by atoms with van der Waals surface area (Å²) in [6, 6.07) is 3.60. The quantitative estimate of drug-likeness (QED) is 0.274. The van der Waals surface area contributed by atoms with Crippen molar-refractivity contribution < 1.29 is 31.8 Å². The van der Waals surface area contributed by atoms with Crippen molar-refractivity contribution in [2.45, 2.75) is 6.36 Å². The van der Waals surface area contributed by atoms with Crippen molar-refractivity contribution in [1.82, 2.24) is 25.4 Å². The number of nitrogens with zero attached hydrogens (tertiary/aromatic N) is 5. The summed E-state index contributed by atoms with van der Waals surface area (Å²) in [5, 5.41) is 3.64. The van der Waals surface area contributed by atoms with E-state index in [1.54, 1.807) is 0 Å². The number of ether oxygens (including phenoxy) is 2. The molecule has 0 aliphatic carbocycles. The number of rotatable bonds is 6. The minimum Gasteiger partial charge on any atom is -0.495 e. The van der Waals surface area contributed by atoms with Gasteiger partial charge in [-0.3, -0.25) is 9.78 Å². The molecule has 3 aromatic rings. The van der Waals surface area contributed by atoms with Crippen LogP contribution in [0, 0.1) is 5.95 Å². The molecule has 1 amide bonds. The highest BCUT2D eigenvalue weighted by Gasteiger charge is 2.31. The smallest absolute Gasteiger partial charge is 0.495 e. The van der Waals surface area contributed by atoms with Crippen LogP contribution in [0.4, 0.5) is 17.6 Å². The van der Waals surface area contributed by atoms with Crippen LogP contribution >= 0.6 is 0 Å². The van der Waals surface area contributed by atoms with E-state index in [9.17, 15) is 22.4 Å². The summed E-state index contributed by atoms with van der Waals surface area (Å²) in [6.45, 7) is 0. The Labute approximate surface area is 171 Å². The standard InChI is InChI=1S/C18H12F4N6O3/c1-30-12-4-11(16(19)25-7-12)6-26-28-17(29)14-9-23-8-13(27-14)10-2-3-15(24-5-10)31-18(20,21)22/h2-9H,1H3,(H,28,29)/b26-6+. The van der Waals surface area contributed by atoms with E-state index >= 15 is 0 Å². The Morgan fingerprint density at radius 2 is 1.97 bits per heavy atom. The van der Waals surface area contributed by atoms with Gasteiger partial charge in [-0.05, 0) is 12.1 Å². The van der Waals surface area contributed by atoms with Crippen LogP contribution in [0.15, 0.2) is 48.1 Å². The van der Waals surface area contributed by atoms with Gasteiger partial charge in [0.15, 0.2) is 0 Å². The van der Waals surface area contributed by atoms with Crippen LogP contribution < -0.4 is 14.9 Å². The largest absolute Gasteiger partial charge is 0.574 e. The minimum atomic E-state index is -4.86. The Kier molecular flexibility index (Phi) is 6.33. The number of hydrogen-bond acceptors (Lipinski definition) is 8. The van der Waals surface area contributed by atoms with Crippen molar-refractivity contribution in [2.75, 3.05) is 7.11 Å². The fraction of sp³-hybridized carbons (Fsp3) is 0.111. The lowest BCUT2D eigenvalue weighted by atomic mass is 10.2. The highest BCUT2D eigenvalue weighted by Crippen LogP contribution is 2.23. The number of halogens is 4. The van der Waals surface area contributed by atoms with E-state index in [-0.39, 0.29) is 17.0 Å². The zero-order valence-corrected chi connectivity index (χ0v) is 15.6. The summed E-state index contributed by atoms with van der Waals surface area (Å²) in [6.07, 6.45) is 0.877. The van der Waals surface area contributed by atoms with Crippen LogP contribution in [0.25, 0.3) is 11.3 Å². The molecule has 0 saturated heterocycles. The Bertz CT molecular complexity index is 1110. The monoisotopic (exact) mass is 436 g/mol. The van der Waals surface area contributed by atoms with E-state index in [2.05, 4.69) is 35.2 Å². The van der Waals surface area contributed by atoms with E-state index in [0.29, 0.717) is 11.3 Å². The summed E-state index contributed by atoms with van der Waals surface area (Å²) in [5.41, 5.74) is 2.46. The Morgan fingerprint density at radius 1 is 1.16 bits per heavy atom. The van der Waals surface area contributed by atoms with Crippen molar-refractivity contribution >= 4 is 12.1 Å². The molecule has 0 saturated carbocycles. The molecule has 0 bridgehead atoms. The summed E-state index contributed by atoms with van der Waals surface area (Å²) in [5.74, 6) is -1.92. The zero-order valence-electron chi connectivity index (χ0n) is 15.6. The average molecular weight is 436 g/mol. The third-order valence-corrected chi connectivity index (χ3v) is 3.57.